The van der Waals surface area contributed by atoms with Crippen molar-refractivity contribution in [3.63, 3.8) is 0 Å². The molecule has 0 unspecified atom stereocenters. The summed E-state index contributed by atoms with van der Waals surface area (Å²) in [6.07, 6.45) is 9.03. The van der Waals surface area contributed by atoms with Gasteiger partial charge in [0.05, 0.1) is 19.3 Å². The zero-order valence-corrected chi connectivity index (χ0v) is 15.8. The van der Waals surface area contributed by atoms with Crippen molar-refractivity contribution >= 4 is 39.5 Å². The molecule has 0 radical (unpaired) electrons. The van der Waals surface area contributed by atoms with E-state index >= 15 is 0 Å². The highest BCUT2D eigenvalue weighted by molar-refractivity contribution is 6.00. The Bertz CT molecular complexity index is 1240. The van der Waals surface area contributed by atoms with Gasteiger partial charge in [0, 0.05) is 33.7 Å². The summed E-state index contributed by atoms with van der Waals surface area (Å²) in [6.45, 7) is 0.611. The van der Waals surface area contributed by atoms with E-state index in [4.69, 9.17) is 6.42 Å². The van der Waals surface area contributed by atoms with Gasteiger partial charge in [-0.05, 0) is 17.5 Å². The molecule has 1 heterocycles. The second kappa shape index (κ2) is 8.32. The highest BCUT2D eigenvalue weighted by Crippen LogP contribution is 2.22. The van der Waals surface area contributed by atoms with Crippen LogP contribution >= 0.6 is 0 Å². The number of hydrazone groups is 1. The molecule has 0 bridgehead atoms. The Morgan fingerprint density at radius 3 is 2.66 bits per heavy atom. The summed E-state index contributed by atoms with van der Waals surface area (Å²) in [6, 6.07) is 22.0. The van der Waals surface area contributed by atoms with Gasteiger partial charge < -0.3 is 9.88 Å². The van der Waals surface area contributed by atoms with Gasteiger partial charge in [0.1, 0.15) is 0 Å². The van der Waals surface area contributed by atoms with Crippen molar-refractivity contribution in [1.29, 1.82) is 0 Å². The summed E-state index contributed by atoms with van der Waals surface area (Å²) >= 11 is 0. The Morgan fingerprint density at radius 1 is 1.03 bits per heavy atom. The van der Waals surface area contributed by atoms with Crippen LogP contribution in [0, 0.1) is 12.3 Å². The largest absolute Gasteiger partial charge is 0.376 e. The van der Waals surface area contributed by atoms with Crippen LogP contribution in [0.5, 0.6) is 0 Å². The first kappa shape index (κ1) is 18.3. The second-order valence-corrected chi connectivity index (χ2v) is 6.61. The third-order valence-electron chi connectivity index (χ3n) is 4.70. The minimum absolute atomic E-state index is 0.129. The number of anilines is 1. The van der Waals surface area contributed by atoms with Crippen LogP contribution in [0.3, 0.4) is 0 Å². The quantitative estimate of drug-likeness (QED) is 0.302. The lowest BCUT2D eigenvalue weighted by Gasteiger charge is -2.08. The molecule has 5 heteroatoms. The Balaban J connectivity index is 1.42. The molecule has 4 aromatic rings. The van der Waals surface area contributed by atoms with Crippen LogP contribution in [0.4, 0.5) is 5.69 Å². The average molecular weight is 380 g/mol. The molecule has 0 saturated heterocycles. The zero-order chi connectivity index (χ0) is 20.1. The van der Waals surface area contributed by atoms with Crippen LogP contribution in [0.15, 0.2) is 78.0 Å². The molecule has 3 aromatic carbocycles. The van der Waals surface area contributed by atoms with E-state index in [1.165, 1.54) is 0 Å². The fourth-order valence-electron chi connectivity index (χ4n) is 3.38. The summed E-state index contributed by atoms with van der Waals surface area (Å²) in [7, 11) is 0. The van der Waals surface area contributed by atoms with Crippen molar-refractivity contribution in [3.05, 3.63) is 78.5 Å². The summed E-state index contributed by atoms with van der Waals surface area (Å²) in [4.78, 5) is 12.2. The normalized spacial score (nSPS) is 11.0. The predicted octanol–water partition coefficient (Wildman–Crippen LogP) is 3.99. The van der Waals surface area contributed by atoms with Crippen LogP contribution in [0.1, 0.15) is 5.56 Å². The highest BCUT2D eigenvalue weighted by Gasteiger charge is 2.06. The van der Waals surface area contributed by atoms with E-state index in [0.717, 1.165) is 32.9 Å². The molecule has 29 heavy (non-hydrogen) atoms. The monoisotopic (exact) mass is 380 g/mol. The van der Waals surface area contributed by atoms with Gasteiger partial charge in [-0.1, -0.05) is 60.5 Å². The molecular weight excluding hydrogens is 360 g/mol. The van der Waals surface area contributed by atoms with Crippen molar-refractivity contribution in [2.45, 2.75) is 6.54 Å². The van der Waals surface area contributed by atoms with E-state index in [1.807, 2.05) is 77.5 Å². The van der Waals surface area contributed by atoms with Gasteiger partial charge in [-0.2, -0.15) is 5.10 Å². The molecule has 1 amide bonds. The number of para-hydroxylation sites is 1. The summed E-state index contributed by atoms with van der Waals surface area (Å²) in [5.74, 6) is 2.43. The van der Waals surface area contributed by atoms with Gasteiger partial charge in [-0.25, -0.2) is 5.43 Å². The number of hydrogen-bond donors (Lipinski definition) is 2. The smallest absolute Gasteiger partial charge is 0.259 e. The SMILES string of the molecule is C#CCn1cc(/C=N\NC(=O)CNc2cccc3ccccc23)c2ccccc21. The fourth-order valence-corrected chi connectivity index (χ4v) is 3.38. The van der Waals surface area contributed by atoms with E-state index in [0.29, 0.717) is 6.54 Å². The van der Waals surface area contributed by atoms with Crippen LogP contribution in [0.2, 0.25) is 0 Å². The Kier molecular flexibility index (Phi) is 5.26. The van der Waals surface area contributed by atoms with E-state index in [2.05, 4.69) is 21.8 Å². The van der Waals surface area contributed by atoms with Gasteiger partial charge in [-0.3, -0.25) is 4.79 Å². The van der Waals surface area contributed by atoms with Crippen molar-refractivity contribution in [2.75, 3.05) is 11.9 Å². The number of benzene rings is 3. The van der Waals surface area contributed by atoms with E-state index < -0.39 is 0 Å². The van der Waals surface area contributed by atoms with Gasteiger partial charge in [0.15, 0.2) is 0 Å². The van der Waals surface area contributed by atoms with Crippen molar-refractivity contribution < 1.29 is 4.79 Å². The second-order valence-electron chi connectivity index (χ2n) is 6.61. The molecule has 0 aliphatic rings. The number of hydrogen-bond acceptors (Lipinski definition) is 3. The van der Waals surface area contributed by atoms with Crippen LogP contribution < -0.4 is 10.7 Å². The van der Waals surface area contributed by atoms with Crippen LogP contribution in [-0.4, -0.2) is 23.2 Å². The van der Waals surface area contributed by atoms with Gasteiger partial charge in [-0.15, -0.1) is 6.42 Å². The summed E-state index contributed by atoms with van der Waals surface area (Å²) < 4.78 is 1.99. The van der Waals surface area contributed by atoms with E-state index in [-0.39, 0.29) is 12.5 Å². The molecule has 1 aromatic heterocycles. The molecule has 0 atom stereocenters. The van der Waals surface area contributed by atoms with Crippen molar-refractivity contribution in [1.82, 2.24) is 9.99 Å². The minimum Gasteiger partial charge on any atom is -0.376 e. The number of nitrogens with one attached hydrogen (secondary N) is 2. The maximum Gasteiger partial charge on any atom is 0.259 e. The van der Waals surface area contributed by atoms with E-state index in [9.17, 15) is 4.79 Å². The number of terminal acetylenes is 1. The first-order chi connectivity index (χ1) is 14.3. The first-order valence-electron chi connectivity index (χ1n) is 9.31. The minimum atomic E-state index is -0.221. The van der Waals surface area contributed by atoms with Crippen LogP contribution in [0.25, 0.3) is 21.7 Å². The molecule has 4 rings (SSSR count). The first-order valence-corrected chi connectivity index (χ1v) is 9.31. The topological polar surface area (TPSA) is 58.4 Å². The lowest BCUT2D eigenvalue weighted by Crippen LogP contribution is -2.25. The molecule has 5 nitrogen and oxygen atoms in total. The molecule has 0 spiro atoms. The molecule has 2 N–H and O–H groups in total. The van der Waals surface area contributed by atoms with Gasteiger partial charge >= 0.3 is 0 Å². The number of carbonyl (C=O) groups excluding carboxylic acids is 1. The summed E-state index contributed by atoms with van der Waals surface area (Å²) in [5, 5.41) is 10.5. The molecule has 142 valence electrons. The van der Waals surface area contributed by atoms with Gasteiger partial charge in [0.25, 0.3) is 5.91 Å². The fraction of sp³-hybridized carbons (Fsp3) is 0.0833. The maximum atomic E-state index is 12.2. The lowest BCUT2D eigenvalue weighted by atomic mass is 10.1. The predicted molar refractivity (Wildman–Crippen MR) is 119 cm³/mol. The number of aromatic nitrogens is 1. The lowest BCUT2D eigenvalue weighted by molar-refractivity contribution is -0.119. The number of nitrogens with zero attached hydrogens (tertiary/aromatic N) is 2. The van der Waals surface area contributed by atoms with E-state index in [1.54, 1.807) is 6.21 Å². The van der Waals surface area contributed by atoms with Crippen molar-refractivity contribution in [3.8, 4) is 12.3 Å². The van der Waals surface area contributed by atoms with Crippen LogP contribution in [-0.2, 0) is 11.3 Å². The number of amides is 1. The average Bonchev–Trinajstić information content (AvgIpc) is 3.10. The molecular formula is C24H20N4O. The van der Waals surface area contributed by atoms with Gasteiger partial charge in [0.2, 0.25) is 0 Å². The number of carbonyl (C=O) groups is 1. The molecule has 0 aliphatic carbocycles. The third kappa shape index (κ3) is 3.97. The molecule has 0 saturated carbocycles. The third-order valence-corrected chi connectivity index (χ3v) is 4.70. The molecule has 0 aliphatic heterocycles. The Hall–Kier alpha value is -4.04. The summed E-state index contributed by atoms with van der Waals surface area (Å²) in [5.41, 5.74) is 5.43. The van der Waals surface area contributed by atoms with Crippen molar-refractivity contribution in [2.24, 2.45) is 5.10 Å². The number of fused-ring (bicyclic) bond motifs is 2. The standard InChI is InChI=1S/C24H20N4O/c1-2-14-28-17-19(21-11-5-6-13-23(21)28)15-26-27-24(29)16-25-22-12-7-9-18-8-3-4-10-20(18)22/h1,3-13,15,17,25H,14,16H2,(H,27,29)/b26-15-. The number of rotatable bonds is 6. The Morgan fingerprint density at radius 2 is 1.79 bits per heavy atom. The highest BCUT2D eigenvalue weighted by atomic mass is 16.2. The zero-order valence-electron chi connectivity index (χ0n) is 15.8. The Labute approximate surface area is 169 Å². The maximum absolute atomic E-state index is 12.2. The molecule has 0 fully saturated rings.